The number of carbonyl (C=O) groups excluding carboxylic acids is 1. The van der Waals surface area contributed by atoms with Gasteiger partial charge in [-0.2, -0.15) is 0 Å². The van der Waals surface area contributed by atoms with Crippen molar-refractivity contribution >= 4 is 12.1 Å². The SMILES string of the molecule is COc1ccccc1C(NCC1(Cc2cccnc2)C=CC=NC1)C(N)=O. The smallest absolute Gasteiger partial charge is 0.239 e. The Morgan fingerprint density at radius 1 is 1.33 bits per heavy atom. The maximum Gasteiger partial charge on any atom is 0.239 e. The van der Waals surface area contributed by atoms with Crippen LogP contribution in [-0.2, 0) is 11.2 Å². The van der Waals surface area contributed by atoms with Crippen LogP contribution in [0.4, 0.5) is 0 Å². The van der Waals surface area contributed by atoms with Crippen LogP contribution in [0.5, 0.6) is 5.75 Å². The molecule has 1 amide bonds. The van der Waals surface area contributed by atoms with Crippen molar-refractivity contribution in [2.75, 3.05) is 20.2 Å². The zero-order valence-electron chi connectivity index (χ0n) is 15.3. The highest BCUT2D eigenvalue weighted by molar-refractivity contribution is 5.82. The van der Waals surface area contributed by atoms with Crippen LogP contribution in [0.3, 0.4) is 0 Å². The van der Waals surface area contributed by atoms with Gasteiger partial charge in [-0.25, -0.2) is 0 Å². The number of methoxy groups -OCH3 is 1. The van der Waals surface area contributed by atoms with Crippen LogP contribution in [0, 0.1) is 5.41 Å². The number of ether oxygens (including phenoxy) is 1. The molecular formula is C21H24N4O2. The molecule has 1 aromatic carbocycles. The highest BCUT2D eigenvalue weighted by Crippen LogP contribution is 2.29. The molecule has 1 aliphatic rings. The Hall–Kier alpha value is -2.99. The summed E-state index contributed by atoms with van der Waals surface area (Å²) in [6.07, 6.45) is 10.3. The lowest BCUT2D eigenvalue weighted by atomic mass is 9.80. The molecule has 2 heterocycles. The van der Waals surface area contributed by atoms with E-state index in [1.165, 1.54) is 0 Å². The van der Waals surface area contributed by atoms with Crippen LogP contribution in [0.2, 0.25) is 0 Å². The summed E-state index contributed by atoms with van der Waals surface area (Å²) in [6, 6.07) is 10.7. The summed E-state index contributed by atoms with van der Waals surface area (Å²) in [5.74, 6) is 0.187. The van der Waals surface area contributed by atoms with Crippen molar-refractivity contribution in [1.29, 1.82) is 0 Å². The van der Waals surface area contributed by atoms with Crippen molar-refractivity contribution in [1.82, 2.24) is 10.3 Å². The largest absolute Gasteiger partial charge is 0.496 e. The van der Waals surface area contributed by atoms with Crippen LogP contribution in [0.15, 0.2) is 65.9 Å². The number of nitrogens with zero attached hydrogens (tertiary/aromatic N) is 2. The number of nitrogens with one attached hydrogen (secondary N) is 1. The van der Waals surface area contributed by atoms with Gasteiger partial charge in [0, 0.05) is 42.7 Å². The lowest BCUT2D eigenvalue weighted by Crippen LogP contribution is -2.43. The van der Waals surface area contributed by atoms with E-state index >= 15 is 0 Å². The Morgan fingerprint density at radius 3 is 2.85 bits per heavy atom. The van der Waals surface area contributed by atoms with Crippen molar-refractivity contribution in [3.05, 3.63) is 72.1 Å². The van der Waals surface area contributed by atoms with E-state index in [-0.39, 0.29) is 5.41 Å². The number of carbonyl (C=O) groups is 1. The molecule has 3 rings (SSSR count). The number of hydrogen-bond donors (Lipinski definition) is 2. The molecular weight excluding hydrogens is 340 g/mol. The van der Waals surface area contributed by atoms with Gasteiger partial charge in [-0.1, -0.05) is 30.3 Å². The predicted molar refractivity (Wildman–Crippen MR) is 106 cm³/mol. The Morgan fingerprint density at radius 2 is 2.19 bits per heavy atom. The topological polar surface area (TPSA) is 89.6 Å². The first-order chi connectivity index (χ1) is 13.1. The van der Waals surface area contributed by atoms with E-state index in [4.69, 9.17) is 10.5 Å². The van der Waals surface area contributed by atoms with Gasteiger partial charge in [0.1, 0.15) is 11.8 Å². The minimum absolute atomic E-state index is 0.256. The second-order valence-electron chi connectivity index (χ2n) is 6.71. The number of dihydropyridines is 1. The number of amides is 1. The Kier molecular flexibility index (Phi) is 5.98. The van der Waals surface area contributed by atoms with Gasteiger partial charge in [0.15, 0.2) is 0 Å². The zero-order chi connectivity index (χ0) is 19.1. The Labute approximate surface area is 159 Å². The zero-order valence-corrected chi connectivity index (χ0v) is 15.3. The van der Waals surface area contributed by atoms with Crippen molar-refractivity contribution in [3.8, 4) is 5.75 Å². The normalized spacial score (nSPS) is 19.6. The highest BCUT2D eigenvalue weighted by atomic mass is 16.5. The summed E-state index contributed by atoms with van der Waals surface area (Å²) in [7, 11) is 1.58. The van der Waals surface area contributed by atoms with E-state index < -0.39 is 11.9 Å². The molecule has 2 aromatic rings. The summed E-state index contributed by atoms with van der Waals surface area (Å²) in [4.78, 5) is 20.8. The standard InChI is InChI=1S/C21H24N4O2/c1-27-18-8-3-2-7-17(18)19(20(22)26)25-15-21(9-5-11-24-14-21)12-16-6-4-10-23-13-16/h2-11,13,19,25H,12,14-15H2,1H3,(H2,22,26). The van der Waals surface area contributed by atoms with E-state index in [1.807, 2.05) is 48.7 Å². The molecule has 6 nitrogen and oxygen atoms in total. The van der Waals surface area contributed by atoms with E-state index in [0.717, 1.165) is 17.5 Å². The van der Waals surface area contributed by atoms with Gasteiger partial charge in [0.2, 0.25) is 5.91 Å². The van der Waals surface area contributed by atoms with Crippen LogP contribution in [0.25, 0.3) is 0 Å². The van der Waals surface area contributed by atoms with Crippen molar-refractivity contribution < 1.29 is 9.53 Å². The molecule has 3 N–H and O–H groups in total. The lowest BCUT2D eigenvalue weighted by Gasteiger charge is -2.33. The molecule has 0 bridgehead atoms. The molecule has 6 heteroatoms. The summed E-state index contributed by atoms with van der Waals surface area (Å²) in [5, 5.41) is 3.34. The van der Waals surface area contributed by atoms with E-state index in [0.29, 0.717) is 18.8 Å². The predicted octanol–water partition coefficient (Wildman–Crippen LogP) is 2.08. The third-order valence-corrected chi connectivity index (χ3v) is 4.72. The minimum Gasteiger partial charge on any atom is -0.496 e. The molecule has 140 valence electrons. The van der Waals surface area contributed by atoms with Gasteiger partial charge in [0.25, 0.3) is 0 Å². The number of hydrogen-bond acceptors (Lipinski definition) is 5. The average molecular weight is 364 g/mol. The second-order valence-corrected chi connectivity index (χ2v) is 6.71. The number of aliphatic imine (C=N–C) groups is 1. The quantitative estimate of drug-likeness (QED) is 0.750. The van der Waals surface area contributed by atoms with E-state index in [2.05, 4.69) is 21.4 Å². The average Bonchev–Trinajstić information content (AvgIpc) is 2.70. The van der Waals surface area contributed by atoms with Crippen LogP contribution in [0.1, 0.15) is 17.2 Å². The molecule has 0 spiro atoms. The summed E-state index contributed by atoms with van der Waals surface area (Å²) in [5.41, 5.74) is 7.28. The lowest BCUT2D eigenvalue weighted by molar-refractivity contribution is -0.120. The first-order valence-corrected chi connectivity index (χ1v) is 8.86. The van der Waals surface area contributed by atoms with Crippen LogP contribution in [-0.4, -0.2) is 37.3 Å². The fraction of sp³-hybridized carbons (Fsp3) is 0.286. The molecule has 1 aromatic heterocycles. The first kappa shape index (κ1) is 18.8. The van der Waals surface area contributed by atoms with Crippen molar-refractivity contribution in [2.24, 2.45) is 16.1 Å². The second kappa shape index (κ2) is 8.60. The van der Waals surface area contributed by atoms with Gasteiger partial charge >= 0.3 is 0 Å². The van der Waals surface area contributed by atoms with Gasteiger partial charge < -0.3 is 15.8 Å². The molecule has 0 aliphatic carbocycles. The molecule has 0 fully saturated rings. The van der Waals surface area contributed by atoms with E-state index in [1.54, 1.807) is 19.5 Å². The monoisotopic (exact) mass is 364 g/mol. The summed E-state index contributed by atoms with van der Waals surface area (Å²) in [6.45, 7) is 1.17. The number of rotatable bonds is 8. The number of pyridine rings is 1. The number of benzene rings is 1. The van der Waals surface area contributed by atoms with Crippen LogP contribution >= 0.6 is 0 Å². The van der Waals surface area contributed by atoms with Gasteiger partial charge in [0.05, 0.1) is 7.11 Å². The fourth-order valence-corrected chi connectivity index (χ4v) is 3.37. The molecule has 0 saturated carbocycles. The number of nitrogens with two attached hydrogens (primary N) is 1. The molecule has 2 unspecified atom stereocenters. The molecule has 27 heavy (non-hydrogen) atoms. The number of primary amides is 1. The highest BCUT2D eigenvalue weighted by Gasteiger charge is 2.31. The number of para-hydroxylation sites is 1. The van der Waals surface area contributed by atoms with Gasteiger partial charge in [-0.15, -0.1) is 0 Å². The third kappa shape index (κ3) is 4.60. The van der Waals surface area contributed by atoms with Gasteiger partial charge in [-0.3, -0.25) is 14.8 Å². The van der Waals surface area contributed by atoms with E-state index in [9.17, 15) is 4.79 Å². The maximum atomic E-state index is 12.2. The fourth-order valence-electron chi connectivity index (χ4n) is 3.37. The van der Waals surface area contributed by atoms with Gasteiger partial charge in [-0.05, 0) is 30.2 Å². The van der Waals surface area contributed by atoms with Crippen LogP contribution < -0.4 is 15.8 Å². The molecule has 2 atom stereocenters. The number of allylic oxidation sites excluding steroid dienone is 1. The molecule has 0 saturated heterocycles. The Balaban J connectivity index is 1.82. The Bertz CT molecular complexity index is 835. The molecule has 1 aliphatic heterocycles. The third-order valence-electron chi connectivity index (χ3n) is 4.72. The summed E-state index contributed by atoms with van der Waals surface area (Å²) >= 11 is 0. The molecule has 0 radical (unpaired) electrons. The minimum atomic E-state index is -0.647. The first-order valence-electron chi connectivity index (χ1n) is 8.86. The maximum absolute atomic E-state index is 12.2. The number of aromatic nitrogens is 1. The summed E-state index contributed by atoms with van der Waals surface area (Å²) < 4.78 is 5.40. The van der Waals surface area contributed by atoms with Crippen molar-refractivity contribution in [3.63, 3.8) is 0 Å². The van der Waals surface area contributed by atoms with Crippen molar-refractivity contribution in [2.45, 2.75) is 12.5 Å².